The third-order valence-corrected chi connectivity index (χ3v) is 19.7. The Morgan fingerprint density at radius 1 is 0.492 bits per heavy atom. The Labute approximate surface area is 339 Å². The minimum Gasteiger partial charge on any atom is -0.456 e. The van der Waals surface area contributed by atoms with E-state index >= 15 is 0 Å². The summed E-state index contributed by atoms with van der Waals surface area (Å²) in [4.78, 5) is 11.2. The number of pyridine rings is 2. The van der Waals surface area contributed by atoms with E-state index in [1.165, 1.54) is 136 Å². The molecule has 6 bridgehead atoms. The van der Waals surface area contributed by atoms with Gasteiger partial charge in [-0.15, -0.1) is 0 Å². The van der Waals surface area contributed by atoms with Gasteiger partial charge in [-0.3, -0.25) is 9.97 Å². The number of para-hydroxylation sites is 2. The van der Waals surface area contributed by atoms with E-state index in [-0.39, 0.29) is 0 Å². The monoisotopic (exact) mass is 763 g/mol. The van der Waals surface area contributed by atoms with Crippen molar-refractivity contribution in [2.24, 2.45) is 34.5 Å². The van der Waals surface area contributed by atoms with E-state index in [0.717, 1.165) is 56.8 Å². The number of benzene rings is 4. The summed E-state index contributed by atoms with van der Waals surface area (Å²) in [6.45, 7) is 0. The molecule has 0 amide bonds. The van der Waals surface area contributed by atoms with Crippen molar-refractivity contribution in [2.45, 2.75) is 87.9 Å². The van der Waals surface area contributed by atoms with E-state index in [9.17, 15) is 0 Å². The molecule has 0 N–H and O–H groups in total. The van der Waals surface area contributed by atoms with Crippen LogP contribution in [0.1, 0.15) is 110 Å². The SMILES string of the molecule is c1ccc2c(c1)oc1cc3oc4ccccc4c3c(-c3cc4c5c6c(ncc5n5c7cnc8c(c7c(c3)c45)C3CC4CC5CC8CC54C3)C3CC4CC5CC6CC45C3)c12. The highest BCUT2D eigenvalue weighted by atomic mass is 16.3. The number of hydrogen-bond acceptors (Lipinski definition) is 4. The van der Waals surface area contributed by atoms with Gasteiger partial charge in [0.25, 0.3) is 0 Å². The third-order valence-electron chi connectivity index (χ3n) is 19.7. The van der Waals surface area contributed by atoms with Crippen molar-refractivity contribution < 1.29 is 8.83 Å². The van der Waals surface area contributed by atoms with Gasteiger partial charge in [-0.05, 0) is 152 Å². The zero-order valence-corrected chi connectivity index (χ0v) is 32.9. The van der Waals surface area contributed by atoms with Crippen LogP contribution in [0.4, 0.5) is 0 Å². The fourth-order valence-electron chi connectivity index (χ4n) is 17.8. The molecule has 5 nitrogen and oxygen atoms in total. The molecule has 10 unspecified atom stereocenters. The molecule has 10 atom stereocenters. The third kappa shape index (κ3) is 3.03. The largest absolute Gasteiger partial charge is 0.456 e. The summed E-state index contributed by atoms with van der Waals surface area (Å²) in [6, 6.07) is 24.6. The minimum atomic E-state index is 0.576. The molecule has 5 heteroatoms. The minimum absolute atomic E-state index is 0.576. The lowest BCUT2D eigenvalue weighted by atomic mass is 9.56. The van der Waals surface area contributed by atoms with Crippen molar-refractivity contribution in [3.05, 3.63) is 102 Å². The Balaban J connectivity index is 1.05. The van der Waals surface area contributed by atoms with Crippen LogP contribution in [-0.2, 0) is 0 Å². The summed E-state index contributed by atoms with van der Waals surface area (Å²) in [5.41, 5.74) is 17.4. The number of fused-ring (bicyclic) bond motifs is 24. The molecule has 59 heavy (non-hydrogen) atoms. The highest BCUT2D eigenvalue weighted by molar-refractivity contribution is 6.30. The van der Waals surface area contributed by atoms with Gasteiger partial charge in [-0.25, -0.2) is 0 Å². The molecule has 4 aromatic carbocycles. The van der Waals surface area contributed by atoms with Gasteiger partial charge in [-0.2, -0.15) is 0 Å². The lowest BCUT2D eigenvalue weighted by Gasteiger charge is -2.48. The first-order chi connectivity index (χ1) is 29.1. The number of hydrogen-bond donors (Lipinski definition) is 0. The molecule has 18 rings (SSSR count). The lowest BCUT2D eigenvalue weighted by Crippen LogP contribution is -2.41. The van der Waals surface area contributed by atoms with E-state index < -0.39 is 0 Å². The lowest BCUT2D eigenvalue weighted by molar-refractivity contribution is 0.00321. The molecule has 6 fully saturated rings. The van der Waals surface area contributed by atoms with Gasteiger partial charge in [-0.1, -0.05) is 36.4 Å². The van der Waals surface area contributed by atoms with E-state index in [1.54, 1.807) is 11.1 Å². The average molecular weight is 764 g/mol. The molecule has 2 spiro atoms. The van der Waals surface area contributed by atoms with Gasteiger partial charge in [0.1, 0.15) is 22.3 Å². The van der Waals surface area contributed by atoms with Crippen molar-refractivity contribution in [1.82, 2.24) is 14.4 Å². The first-order valence-corrected chi connectivity index (χ1v) is 22.9. The van der Waals surface area contributed by atoms with Gasteiger partial charge in [0, 0.05) is 77.9 Å². The van der Waals surface area contributed by atoms with E-state index in [1.807, 2.05) is 0 Å². The summed E-state index contributed by atoms with van der Waals surface area (Å²) in [5.74, 6) is 6.05. The van der Waals surface area contributed by atoms with Crippen molar-refractivity contribution in [3.8, 4) is 11.1 Å². The fraction of sp³-hybridized carbons (Fsp3) is 0.370. The van der Waals surface area contributed by atoms with Gasteiger partial charge < -0.3 is 13.2 Å². The Morgan fingerprint density at radius 2 is 0.966 bits per heavy atom. The molecule has 6 heterocycles. The average Bonchev–Trinajstić information content (AvgIpc) is 4.12. The first-order valence-electron chi connectivity index (χ1n) is 22.9. The first kappa shape index (κ1) is 29.7. The summed E-state index contributed by atoms with van der Waals surface area (Å²) < 4.78 is 16.1. The van der Waals surface area contributed by atoms with Gasteiger partial charge >= 0.3 is 0 Å². The second-order valence-electron chi connectivity index (χ2n) is 21.4. The summed E-state index contributed by atoms with van der Waals surface area (Å²) >= 11 is 0. The summed E-state index contributed by atoms with van der Waals surface area (Å²) in [7, 11) is 0. The van der Waals surface area contributed by atoms with Crippen LogP contribution in [-0.4, -0.2) is 14.4 Å². The molecular weight excluding hydrogens is 723 g/mol. The maximum absolute atomic E-state index is 6.73. The Hall–Kier alpha value is -5.42. The number of rotatable bonds is 1. The van der Waals surface area contributed by atoms with Crippen molar-refractivity contribution >= 4 is 82.0 Å². The molecular formula is C54H41N3O2. The Morgan fingerprint density at radius 3 is 1.49 bits per heavy atom. The number of aromatic nitrogens is 3. The van der Waals surface area contributed by atoms with E-state index in [0.29, 0.717) is 34.5 Å². The van der Waals surface area contributed by atoms with Crippen molar-refractivity contribution in [1.29, 1.82) is 0 Å². The molecule has 0 radical (unpaired) electrons. The second kappa shape index (κ2) is 9.16. The van der Waals surface area contributed by atoms with Crippen LogP contribution < -0.4 is 0 Å². The smallest absolute Gasteiger partial charge is 0.139 e. The maximum Gasteiger partial charge on any atom is 0.139 e. The van der Waals surface area contributed by atoms with Crippen LogP contribution >= 0.6 is 0 Å². The van der Waals surface area contributed by atoms with Gasteiger partial charge in [0.2, 0.25) is 0 Å². The van der Waals surface area contributed by atoms with E-state index in [4.69, 9.17) is 18.8 Å². The normalized spacial score (nSPS) is 34.2. The molecule has 0 aliphatic heterocycles. The highest BCUT2D eigenvalue weighted by Crippen LogP contribution is 2.78. The van der Waals surface area contributed by atoms with Crippen LogP contribution in [0.5, 0.6) is 0 Å². The Kier molecular flexibility index (Phi) is 4.62. The molecule has 8 aliphatic carbocycles. The standard InChI is InChI=1S/C54H41N3O2/c1-3-7-39-33(5-1)48-41(58-39)17-42-49(34-6-2-4-8-40(34)59-42)43(48)24-13-35-46-37(22-55-50-27-11-31-15-29-9-25(44(46)50)18-53(29,31)20-27)57-38-23-56-51-28-12-32-16-30-10-26(19-54(30,32)21-28)45(51)47(38)36(14-24)52(35)57/h1-8,13-14,17,22-23,25-32H,9-12,15-16,18-21H2. The Bertz CT molecular complexity index is 3450. The van der Waals surface area contributed by atoms with E-state index in [2.05, 4.69) is 83.5 Å². The molecule has 8 aliphatic rings. The summed E-state index contributed by atoms with van der Waals surface area (Å²) in [6.07, 6.45) is 18.4. The molecule has 284 valence electrons. The van der Waals surface area contributed by atoms with Gasteiger partial charge in [0.15, 0.2) is 0 Å². The fourth-order valence-corrected chi connectivity index (χ4v) is 17.8. The molecule has 6 saturated carbocycles. The topological polar surface area (TPSA) is 56.5 Å². The van der Waals surface area contributed by atoms with Crippen LogP contribution in [0.15, 0.2) is 88.0 Å². The van der Waals surface area contributed by atoms with Crippen LogP contribution in [0.3, 0.4) is 0 Å². The molecule has 10 aromatic rings. The van der Waals surface area contributed by atoms with Crippen molar-refractivity contribution in [2.75, 3.05) is 0 Å². The molecule has 0 saturated heterocycles. The predicted octanol–water partition coefficient (Wildman–Crippen LogP) is 13.9. The zero-order chi connectivity index (χ0) is 37.4. The number of nitrogens with zero attached hydrogens (tertiary/aromatic N) is 3. The molecule has 6 aromatic heterocycles. The second-order valence-corrected chi connectivity index (χ2v) is 21.4. The van der Waals surface area contributed by atoms with Crippen LogP contribution in [0, 0.1) is 34.5 Å². The summed E-state index contributed by atoms with van der Waals surface area (Å²) in [5, 5.41) is 10.5. The highest BCUT2D eigenvalue weighted by Gasteiger charge is 2.67. The quantitative estimate of drug-likeness (QED) is 0.167. The zero-order valence-electron chi connectivity index (χ0n) is 32.9. The predicted molar refractivity (Wildman–Crippen MR) is 233 cm³/mol. The van der Waals surface area contributed by atoms with Crippen molar-refractivity contribution in [3.63, 3.8) is 0 Å². The van der Waals surface area contributed by atoms with Crippen LogP contribution in [0.25, 0.3) is 93.1 Å². The number of furan rings is 2. The maximum atomic E-state index is 6.73. The van der Waals surface area contributed by atoms with Gasteiger partial charge in [0.05, 0.1) is 28.9 Å². The van der Waals surface area contributed by atoms with Crippen LogP contribution in [0.2, 0.25) is 0 Å².